The number of aromatic nitrogens is 1. The fourth-order valence-electron chi connectivity index (χ4n) is 1.44. The molecule has 1 aromatic rings. The minimum atomic E-state index is -0.752. The topological polar surface area (TPSA) is 42.0 Å². The van der Waals surface area contributed by atoms with E-state index in [0.29, 0.717) is 11.7 Å². The van der Waals surface area contributed by atoms with Crippen LogP contribution in [0.3, 0.4) is 0 Å². The van der Waals surface area contributed by atoms with E-state index < -0.39 is 10.8 Å². The van der Waals surface area contributed by atoms with E-state index in [-0.39, 0.29) is 0 Å². The van der Waals surface area contributed by atoms with E-state index in [9.17, 15) is 4.21 Å². The molecule has 1 fully saturated rings. The molecule has 1 aliphatic rings. The van der Waals surface area contributed by atoms with Crippen molar-refractivity contribution in [2.24, 2.45) is 5.92 Å². The number of pyridine rings is 1. The van der Waals surface area contributed by atoms with Gasteiger partial charge in [-0.2, -0.15) is 0 Å². The lowest BCUT2D eigenvalue weighted by atomic mass is 10.1. The molecule has 2 rings (SSSR count). The van der Waals surface area contributed by atoms with Crippen LogP contribution in [0.2, 0.25) is 0 Å². The predicted molar refractivity (Wildman–Crippen MR) is 57.3 cm³/mol. The lowest BCUT2D eigenvalue weighted by molar-refractivity contribution is 0.382. The maximum absolute atomic E-state index is 11.7. The lowest BCUT2D eigenvalue weighted by Gasteiger charge is -2.26. The molecule has 1 unspecified atom stereocenters. The molecule has 0 saturated carbocycles. The molecule has 2 heterocycles. The van der Waals surface area contributed by atoms with E-state index in [0.717, 1.165) is 24.5 Å². The van der Waals surface area contributed by atoms with Gasteiger partial charge in [0.15, 0.2) is 0 Å². The highest BCUT2D eigenvalue weighted by atomic mass is 32.2. The van der Waals surface area contributed by atoms with Crippen LogP contribution in [0.15, 0.2) is 24.4 Å². The van der Waals surface area contributed by atoms with Gasteiger partial charge in [0, 0.05) is 35.8 Å². The summed E-state index contributed by atoms with van der Waals surface area (Å²) in [4.78, 5) is 4.16. The summed E-state index contributed by atoms with van der Waals surface area (Å²) in [6.45, 7) is 2.04. The molecule has 0 aliphatic carbocycles. The molecule has 1 aliphatic heterocycles. The van der Waals surface area contributed by atoms with Crippen molar-refractivity contribution in [2.45, 2.75) is 5.75 Å². The monoisotopic (exact) mass is 210 g/mol. The number of hydrogen-bond donors (Lipinski definition) is 1. The fraction of sp³-hybridized carbons (Fsp3) is 0.500. The Balaban J connectivity index is 1.82. The quantitative estimate of drug-likeness (QED) is 0.789. The van der Waals surface area contributed by atoms with Gasteiger partial charge < -0.3 is 5.32 Å². The summed E-state index contributed by atoms with van der Waals surface area (Å²) in [5.41, 5.74) is 0.929. The molecule has 14 heavy (non-hydrogen) atoms. The lowest BCUT2D eigenvalue weighted by Crippen LogP contribution is -2.44. The summed E-state index contributed by atoms with van der Waals surface area (Å²) in [5.74, 6) is 2.01. The third kappa shape index (κ3) is 2.62. The van der Waals surface area contributed by atoms with E-state index >= 15 is 0 Å². The zero-order valence-corrected chi connectivity index (χ0v) is 8.80. The van der Waals surface area contributed by atoms with Crippen LogP contribution in [0.4, 0.5) is 0 Å². The molecule has 1 N–H and O–H groups in total. The van der Waals surface area contributed by atoms with Crippen LogP contribution >= 0.6 is 0 Å². The number of rotatable bonds is 4. The van der Waals surface area contributed by atoms with Gasteiger partial charge in [0.05, 0.1) is 11.4 Å². The van der Waals surface area contributed by atoms with Gasteiger partial charge >= 0.3 is 0 Å². The molecule has 0 radical (unpaired) electrons. The van der Waals surface area contributed by atoms with E-state index in [4.69, 9.17) is 0 Å². The first-order chi connectivity index (χ1) is 6.84. The van der Waals surface area contributed by atoms with Crippen molar-refractivity contribution < 1.29 is 4.21 Å². The molecule has 1 saturated heterocycles. The van der Waals surface area contributed by atoms with Gasteiger partial charge in [-0.15, -0.1) is 0 Å². The Morgan fingerprint density at radius 3 is 2.93 bits per heavy atom. The first-order valence-corrected chi connectivity index (χ1v) is 6.29. The SMILES string of the molecule is O=S(Cc1ccccn1)CC1CNC1. The van der Waals surface area contributed by atoms with E-state index in [1.165, 1.54) is 0 Å². The summed E-state index contributed by atoms with van der Waals surface area (Å²) < 4.78 is 11.7. The Hall–Kier alpha value is -0.740. The Kier molecular flexibility index (Phi) is 3.26. The number of nitrogens with one attached hydrogen (secondary N) is 1. The van der Waals surface area contributed by atoms with Gasteiger partial charge in [-0.05, 0) is 18.1 Å². The molecule has 3 nitrogen and oxygen atoms in total. The second-order valence-electron chi connectivity index (χ2n) is 3.60. The van der Waals surface area contributed by atoms with Crippen LogP contribution in [0.25, 0.3) is 0 Å². The van der Waals surface area contributed by atoms with Crippen molar-refractivity contribution in [3.8, 4) is 0 Å². The van der Waals surface area contributed by atoms with Gasteiger partial charge in [0.2, 0.25) is 0 Å². The maximum Gasteiger partial charge on any atom is 0.0658 e. The second-order valence-corrected chi connectivity index (χ2v) is 5.10. The molecule has 4 heteroatoms. The van der Waals surface area contributed by atoms with E-state index in [1.807, 2.05) is 18.2 Å². The Morgan fingerprint density at radius 2 is 2.36 bits per heavy atom. The zero-order valence-electron chi connectivity index (χ0n) is 7.98. The Morgan fingerprint density at radius 1 is 1.50 bits per heavy atom. The molecule has 0 aromatic carbocycles. The summed E-state index contributed by atoms with van der Waals surface area (Å²) in [5, 5.41) is 3.18. The summed E-state index contributed by atoms with van der Waals surface area (Å²) in [6.07, 6.45) is 1.75. The summed E-state index contributed by atoms with van der Waals surface area (Å²) >= 11 is 0. The third-order valence-corrected chi connectivity index (χ3v) is 3.78. The van der Waals surface area contributed by atoms with Gasteiger partial charge in [-0.25, -0.2) is 0 Å². The summed E-state index contributed by atoms with van der Waals surface area (Å²) in [6, 6.07) is 5.74. The largest absolute Gasteiger partial charge is 0.316 e. The smallest absolute Gasteiger partial charge is 0.0658 e. The second kappa shape index (κ2) is 4.66. The van der Waals surface area contributed by atoms with Crippen LogP contribution in [0.1, 0.15) is 5.69 Å². The van der Waals surface area contributed by atoms with Crippen molar-refractivity contribution >= 4 is 10.8 Å². The van der Waals surface area contributed by atoms with E-state index in [2.05, 4.69) is 10.3 Å². The third-order valence-electron chi connectivity index (χ3n) is 2.32. The molecule has 1 aromatic heterocycles. The highest BCUT2D eigenvalue weighted by Crippen LogP contribution is 2.07. The highest BCUT2D eigenvalue weighted by molar-refractivity contribution is 7.84. The molecule has 0 bridgehead atoms. The summed E-state index contributed by atoms with van der Waals surface area (Å²) in [7, 11) is -0.752. The Bertz CT molecular complexity index is 311. The van der Waals surface area contributed by atoms with Crippen LogP contribution in [0, 0.1) is 5.92 Å². The average Bonchev–Trinajstić information content (AvgIpc) is 2.13. The van der Waals surface area contributed by atoms with Crippen LogP contribution in [-0.4, -0.2) is 28.0 Å². The highest BCUT2D eigenvalue weighted by Gasteiger charge is 2.19. The van der Waals surface area contributed by atoms with Gasteiger partial charge in [0.25, 0.3) is 0 Å². The standard InChI is InChI=1S/C10H14N2OS/c13-14(7-9-5-11-6-9)8-10-3-1-2-4-12-10/h1-4,9,11H,5-8H2. The molecular formula is C10H14N2OS. The zero-order chi connectivity index (χ0) is 9.80. The van der Waals surface area contributed by atoms with Crippen molar-refractivity contribution in [3.05, 3.63) is 30.1 Å². The Labute approximate surface area is 86.4 Å². The average molecular weight is 210 g/mol. The van der Waals surface area contributed by atoms with E-state index in [1.54, 1.807) is 6.20 Å². The van der Waals surface area contributed by atoms with Gasteiger partial charge in [0.1, 0.15) is 0 Å². The van der Waals surface area contributed by atoms with Crippen molar-refractivity contribution in [1.82, 2.24) is 10.3 Å². The number of nitrogens with zero attached hydrogens (tertiary/aromatic N) is 1. The normalized spacial score (nSPS) is 18.9. The van der Waals surface area contributed by atoms with Gasteiger partial charge in [-0.3, -0.25) is 9.19 Å². The molecule has 0 spiro atoms. The minimum absolute atomic E-state index is 0.595. The molecular weight excluding hydrogens is 196 g/mol. The minimum Gasteiger partial charge on any atom is -0.316 e. The van der Waals surface area contributed by atoms with Crippen molar-refractivity contribution in [3.63, 3.8) is 0 Å². The van der Waals surface area contributed by atoms with Gasteiger partial charge in [-0.1, -0.05) is 6.07 Å². The molecule has 76 valence electrons. The van der Waals surface area contributed by atoms with Crippen LogP contribution < -0.4 is 5.32 Å². The van der Waals surface area contributed by atoms with Crippen molar-refractivity contribution in [1.29, 1.82) is 0 Å². The maximum atomic E-state index is 11.7. The first kappa shape index (κ1) is 9.80. The van der Waals surface area contributed by atoms with Crippen LogP contribution in [0.5, 0.6) is 0 Å². The van der Waals surface area contributed by atoms with Crippen molar-refractivity contribution in [2.75, 3.05) is 18.8 Å². The fourth-order valence-corrected chi connectivity index (χ4v) is 2.82. The predicted octanol–water partition coefficient (Wildman–Crippen LogP) is 0.550. The molecule has 0 amide bonds. The van der Waals surface area contributed by atoms with Crippen LogP contribution in [-0.2, 0) is 16.6 Å². The number of hydrogen-bond acceptors (Lipinski definition) is 3. The first-order valence-electron chi connectivity index (χ1n) is 4.80. The molecule has 1 atom stereocenters.